The monoisotopic (exact) mass is 272 g/mol. The molecule has 0 amide bonds. The summed E-state index contributed by atoms with van der Waals surface area (Å²) in [5.74, 6) is 0. The van der Waals surface area contributed by atoms with Crippen molar-refractivity contribution in [2.24, 2.45) is 0 Å². The van der Waals surface area contributed by atoms with Gasteiger partial charge in [-0.05, 0) is 17.7 Å². The fourth-order valence-electron chi connectivity index (χ4n) is 1.57. The van der Waals surface area contributed by atoms with E-state index in [2.05, 4.69) is 0 Å². The first-order valence-corrected chi connectivity index (χ1v) is 5.61. The van der Waals surface area contributed by atoms with Crippen LogP contribution in [0.5, 0.6) is 0 Å². The van der Waals surface area contributed by atoms with Gasteiger partial charge in [0.05, 0.1) is 13.2 Å². The van der Waals surface area contributed by atoms with Gasteiger partial charge in [0.2, 0.25) is 0 Å². The normalized spacial score (nSPS) is 13.9. The van der Waals surface area contributed by atoms with E-state index in [0.29, 0.717) is 5.56 Å². The van der Waals surface area contributed by atoms with Crippen molar-refractivity contribution in [3.63, 3.8) is 0 Å². The van der Waals surface area contributed by atoms with Gasteiger partial charge in [-0.3, -0.25) is 0 Å². The molecule has 0 fully saturated rings. The maximum atomic E-state index is 10.8. The molecule has 4 N–H and O–H groups in total. The number of anilines is 1. The Balaban J connectivity index is 2.88. The molecule has 0 saturated carbocycles. The van der Waals surface area contributed by atoms with E-state index < -0.39 is 23.8 Å². The zero-order valence-electron chi connectivity index (χ0n) is 10.1. The molecule has 2 atom stereocenters. The molecule has 2 unspecified atom stereocenters. The van der Waals surface area contributed by atoms with Crippen LogP contribution >= 0.6 is 0 Å². The molecule has 19 heavy (non-hydrogen) atoms. The van der Waals surface area contributed by atoms with E-state index in [1.54, 1.807) is 0 Å². The summed E-state index contributed by atoms with van der Waals surface area (Å²) in [5, 5.41) is 47.3. The molecule has 1 aromatic rings. The first kappa shape index (κ1) is 15.3. The van der Waals surface area contributed by atoms with Crippen LogP contribution in [-0.4, -0.2) is 51.3 Å². The zero-order chi connectivity index (χ0) is 14.4. The number of aliphatic hydroxyl groups is 4. The second-order valence-electron chi connectivity index (χ2n) is 3.87. The minimum absolute atomic E-state index is 0.159. The standard InChI is InChI=1S/C11H16N2O6/c14-6-5-12(13(18)19)9-3-1-8(2-4-9)11(17)10(16)7-15/h1-4,10-11,14-17H,5-7H2. The van der Waals surface area contributed by atoms with Crippen LogP contribution in [0, 0.1) is 10.1 Å². The summed E-state index contributed by atoms with van der Waals surface area (Å²) < 4.78 is 0. The van der Waals surface area contributed by atoms with Crippen molar-refractivity contribution < 1.29 is 25.5 Å². The van der Waals surface area contributed by atoms with Gasteiger partial charge in [-0.1, -0.05) is 17.1 Å². The Morgan fingerprint density at radius 1 is 1.21 bits per heavy atom. The third-order valence-electron chi connectivity index (χ3n) is 2.59. The first-order valence-electron chi connectivity index (χ1n) is 5.61. The van der Waals surface area contributed by atoms with Gasteiger partial charge in [0.25, 0.3) is 0 Å². The molecule has 0 aliphatic rings. The Hall–Kier alpha value is -1.74. The lowest BCUT2D eigenvalue weighted by atomic mass is 10.0. The largest absolute Gasteiger partial charge is 0.394 e. The number of nitrogens with zero attached hydrogens (tertiary/aromatic N) is 2. The summed E-state index contributed by atoms with van der Waals surface area (Å²) in [6.07, 6.45) is -2.57. The number of hydrogen-bond acceptors (Lipinski definition) is 6. The molecule has 0 aliphatic carbocycles. The van der Waals surface area contributed by atoms with Gasteiger partial charge in [-0.25, -0.2) is 10.1 Å². The quantitative estimate of drug-likeness (QED) is 0.372. The molecule has 0 bridgehead atoms. The minimum atomic E-state index is -1.31. The number of benzene rings is 1. The molecular weight excluding hydrogens is 256 g/mol. The number of aliphatic hydroxyl groups excluding tert-OH is 4. The van der Waals surface area contributed by atoms with Crippen molar-refractivity contribution in [1.29, 1.82) is 0 Å². The number of nitro groups is 1. The van der Waals surface area contributed by atoms with Crippen LogP contribution in [0.4, 0.5) is 5.69 Å². The van der Waals surface area contributed by atoms with Gasteiger partial charge < -0.3 is 20.4 Å². The summed E-state index contributed by atoms with van der Waals surface area (Å²) in [5.41, 5.74) is 0.575. The van der Waals surface area contributed by atoms with Crippen molar-refractivity contribution in [3.8, 4) is 0 Å². The SMILES string of the molecule is O=[N+]([O-])N(CCO)c1ccc(C(O)C(O)CO)cc1. The zero-order valence-corrected chi connectivity index (χ0v) is 10.1. The highest BCUT2D eigenvalue weighted by Gasteiger charge is 2.20. The van der Waals surface area contributed by atoms with Crippen LogP contribution < -0.4 is 5.01 Å². The Labute approximate surface area is 109 Å². The highest BCUT2D eigenvalue weighted by molar-refractivity contribution is 5.45. The Morgan fingerprint density at radius 2 is 1.79 bits per heavy atom. The third kappa shape index (κ3) is 3.86. The highest BCUT2D eigenvalue weighted by atomic mass is 16.7. The second-order valence-corrected chi connectivity index (χ2v) is 3.87. The molecular formula is C11H16N2O6. The van der Waals surface area contributed by atoms with Gasteiger partial charge >= 0.3 is 0 Å². The van der Waals surface area contributed by atoms with Crippen molar-refractivity contribution in [1.82, 2.24) is 0 Å². The van der Waals surface area contributed by atoms with Gasteiger partial charge in [0.1, 0.15) is 24.4 Å². The van der Waals surface area contributed by atoms with E-state index in [1.165, 1.54) is 24.3 Å². The molecule has 8 heteroatoms. The molecule has 1 rings (SSSR count). The summed E-state index contributed by atoms with van der Waals surface area (Å²) in [7, 11) is 0. The summed E-state index contributed by atoms with van der Waals surface area (Å²) in [6, 6.07) is 5.60. The number of hydrogen-bond donors (Lipinski definition) is 4. The fraction of sp³-hybridized carbons (Fsp3) is 0.455. The van der Waals surface area contributed by atoms with E-state index in [-0.39, 0.29) is 18.8 Å². The predicted molar refractivity (Wildman–Crippen MR) is 65.9 cm³/mol. The Kier molecular flexibility index (Phi) is 5.64. The molecule has 8 nitrogen and oxygen atoms in total. The van der Waals surface area contributed by atoms with Gasteiger partial charge in [0.15, 0.2) is 5.03 Å². The van der Waals surface area contributed by atoms with Crippen molar-refractivity contribution >= 4 is 5.69 Å². The van der Waals surface area contributed by atoms with Crippen LogP contribution in [0.1, 0.15) is 11.7 Å². The van der Waals surface area contributed by atoms with E-state index >= 15 is 0 Å². The summed E-state index contributed by atoms with van der Waals surface area (Å²) in [4.78, 5) is 10.8. The second kappa shape index (κ2) is 7.00. The third-order valence-corrected chi connectivity index (χ3v) is 2.59. The minimum Gasteiger partial charge on any atom is -0.394 e. The maximum absolute atomic E-state index is 10.8. The predicted octanol–water partition coefficient (Wildman–Crippen LogP) is -0.936. The summed E-state index contributed by atoms with van der Waals surface area (Å²) >= 11 is 0. The average molecular weight is 272 g/mol. The lowest BCUT2D eigenvalue weighted by Crippen LogP contribution is -2.32. The molecule has 0 heterocycles. The summed E-state index contributed by atoms with van der Waals surface area (Å²) in [6.45, 7) is -1.11. The molecule has 106 valence electrons. The Morgan fingerprint density at radius 3 is 2.21 bits per heavy atom. The topological polar surface area (TPSA) is 127 Å². The van der Waals surface area contributed by atoms with Crippen LogP contribution in [0.25, 0.3) is 0 Å². The number of rotatable bonds is 7. The smallest absolute Gasteiger partial charge is 0.165 e. The lowest BCUT2D eigenvalue weighted by molar-refractivity contribution is -0.495. The average Bonchev–Trinajstić information content (AvgIpc) is 2.43. The number of hydrazine groups is 1. The molecule has 0 radical (unpaired) electrons. The maximum Gasteiger partial charge on any atom is 0.165 e. The fourth-order valence-corrected chi connectivity index (χ4v) is 1.57. The van der Waals surface area contributed by atoms with Gasteiger partial charge in [-0.2, -0.15) is 0 Å². The van der Waals surface area contributed by atoms with E-state index in [1.807, 2.05) is 0 Å². The lowest BCUT2D eigenvalue weighted by Gasteiger charge is -2.17. The molecule has 1 aromatic carbocycles. The van der Waals surface area contributed by atoms with Crippen molar-refractivity contribution in [3.05, 3.63) is 39.9 Å². The van der Waals surface area contributed by atoms with Crippen LogP contribution in [-0.2, 0) is 0 Å². The molecule has 0 aromatic heterocycles. The highest BCUT2D eigenvalue weighted by Crippen LogP contribution is 2.21. The van der Waals surface area contributed by atoms with Crippen LogP contribution in [0.3, 0.4) is 0 Å². The molecule has 0 spiro atoms. The van der Waals surface area contributed by atoms with Crippen molar-refractivity contribution in [2.45, 2.75) is 12.2 Å². The van der Waals surface area contributed by atoms with Crippen LogP contribution in [0.15, 0.2) is 24.3 Å². The van der Waals surface area contributed by atoms with Gasteiger partial charge in [-0.15, -0.1) is 0 Å². The van der Waals surface area contributed by atoms with E-state index in [9.17, 15) is 20.3 Å². The van der Waals surface area contributed by atoms with Crippen LogP contribution in [0.2, 0.25) is 0 Å². The van der Waals surface area contributed by atoms with E-state index in [0.717, 1.165) is 5.01 Å². The van der Waals surface area contributed by atoms with Gasteiger partial charge in [0, 0.05) is 0 Å². The van der Waals surface area contributed by atoms with Crippen molar-refractivity contribution in [2.75, 3.05) is 24.8 Å². The molecule has 0 aliphatic heterocycles. The molecule has 0 saturated heterocycles. The first-order chi connectivity index (χ1) is 9.01. The van der Waals surface area contributed by atoms with E-state index in [4.69, 9.17) is 10.2 Å². The Bertz CT molecular complexity index is 410.